The van der Waals surface area contributed by atoms with Crippen LogP contribution in [0.4, 0.5) is 4.39 Å². The van der Waals surface area contributed by atoms with Crippen LogP contribution in [0, 0.1) is 5.82 Å². The second kappa shape index (κ2) is 6.66. The molecule has 0 bridgehead atoms. The molecule has 1 amide bonds. The van der Waals surface area contributed by atoms with Gasteiger partial charge in [-0.25, -0.2) is 4.39 Å². The van der Waals surface area contributed by atoms with Crippen molar-refractivity contribution in [2.45, 2.75) is 11.9 Å². The van der Waals surface area contributed by atoms with Gasteiger partial charge in [0, 0.05) is 30.0 Å². The number of benzene rings is 2. The zero-order valence-electron chi connectivity index (χ0n) is 11.1. The summed E-state index contributed by atoms with van der Waals surface area (Å²) in [6.07, 6.45) is 0. The van der Waals surface area contributed by atoms with Gasteiger partial charge in [-0.2, -0.15) is 0 Å². The highest BCUT2D eigenvalue weighted by Crippen LogP contribution is 2.14. The van der Waals surface area contributed by atoms with Gasteiger partial charge in [-0.3, -0.25) is 4.79 Å². The van der Waals surface area contributed by atoms with E-state index in [1.807, 2.05) is 18.2 Å². The van der Waals surface area contributed by atoms with Crippen molar-refractivity contribution in [3.63, 3.8) is 0 Å². The number of hydrogen-bond donors (Lipinski definition) is 0. The zero-order valence-corrected chi connectivity index (χ0v) is 12.7. The summed E-state index contributed by atoms with van der Waals surface area (Å²) in [5.41, 5.74) is 2.16. The first kappa shape index (κ1) is 14.7. The summed E-state index contributed by atoms with van der Waals surface area (Å²) in [5, 5.41) is 0.700. The molecular formula is C16H15BrFNO. The van der Waals surface area contributed by atoms with Gasteiger partial charge in [-0.1, -0.05) is 46.3 Å². The van der Waals surface area contributed by atoms with Crippen LogP contribution in [-0.2, 0) is 11.9 Å². The highest BCUT2D eigenvalue weighted by atomic mass is 79.9. The number of carbonyl (C=O) groups is 1. The molecule has 0 aliphatic rings. The zero-order chi connectivity index (χ0) is 14.5. The van der Waals surface area contributed by atoms with E-state index in [1.54, 1.807) is 31.3 Å². The van der Waals surface area contributed by atoms with Crippen LogP contribution in [0.1, 0.15) is 21.5 Å². The van der Waals surface area contributed by atoms with Crippen molar-refractivity contribution < 1.29 is 9.18 Å². The lowest BCUT2D eigenvalue weighted by molar-refractivity contribution is 0.0784. The molecule has 0 spiro atoms. The number of carbonyl (C=O) groups excluding carboxylic acids is 1. The van der Waals surface area contributed by atoms with E-state index in [1.165, 1.54) is 11.0 Å². The molecule has 0 aromatic heterocycles. The van der Waals surface area contributed by atoms with Crippen LogP contribution in [0.3, 0.4) is 0 Å². The fourth-order valence-corrected chi connectivity index (χ4v) is 2.31. The van der Waals surface area contributed by atoms with Crippen LogP contribution in [-0.4, -0.2) is 17.9 Å². The minimum atomic E-state index is -0.290. The van der Waals surface area contributed by atoms with E-state index >= 15 is 0 Å². The maximum absolute atomic E-state index is 13.6. The van der Waals surface area contributed by atoms with Crippen molar-refractivity contribution in [1.82, 2.24) is 4.90 Å². The second-order valence-corrected chi connectivity index (χ2v) is 5.15. The number of alkyl halides is 1. The summed E-state index contributed by atoms with van der Waals surface area (Å²) >= 11 is 3.37. The van der Waals surface area contributed by atoms with E-state index < -0.39 is 0 Å². The Balaban J connectivity index is 2.14. The first-order valence-electron chi connectivity index (χ1n) is 6.25. The monoisotopic (exact) mass is 335 g/mol. The second-order valence-electron chi connectivity index (χ2n) is 4.59. The van der Waals surface area contributed by atoms with E-state index in [2.05, 4.69) is 15.9 Å². The van der Waals surface area contributed by atoms with E-state index in [0.29, 0.717) is 16.5 Å². The Morgan fingerprint density at radius 2 is 1.95 bits per heavy atom. The third-order valence-corrected chi connectivity index (χ3v) is 3.69. The van der Waals surface area contributed by atoms with Crippen LogP contribution in [0.2, 0.25) is 0 Å². The summed E-state index contributed by atoms with van der Waals surface area (Å²) in [6.45, 7) is 0.254. The maximum Gasteiger partial charge on any atom is 0.253 e. The summed E-state index contributed by atoms with van der Waals surface area (Å²) in [6, 6.07) is 13.9. The topological polar surface area (TPSA) is 20.3 Å². The van der Waals surface area contributed by atoms with Gasteiger partial charge < -0.3 is 4.90 Å². The number of hydrogen-bond acceptors (Lipinski definition) is 1. The third-order valence-electron chi connectivity index (χ3n) is 3.04. The predicted molar refractivity (Wildman–Crippen MR) is 81.3 cm³/mol. The highest BCUT2D eigenvalue weighted by molar-refractivity contribution is 9.08. The molecular weight excluding hydrogens is 321 g/mol. The third kappa shape index (κ3) is 3.45. The molecule has 0 radical (unpaired) electrons. The first-order valence-corrected chi connectivity index (χ1v) is 7.37. The molecule has 0 aliphatic carbocycles. The number of rotatable bonds is 4. The Bertz CT molecular complexity index is 615. The van der Waals surface area contributed by atoms with Gasteiger partial charge in [0.1, 0.15) is 5.82 Å². The van der Waals surface area contributed by atoms with E-state index in [4.69, 9.17) is 0 Å². The van der Waals surface area contributed by atoms with Gasteiger partial charge in [0.2, 0.25) is 0 Å². The lowest BCUT2D eigenvalue weighted by Gasteiger charge is -2.18. The number of halogens is 2. The molecule has 0 unspecified atom stereocenters. The molecule has 20 heavy (non-hydrogen) atoms. The standard InChI is InChI=1S/C16H15BrFNO/c1-19(11-14-6-2-3-8-15(14)18)16(20)13-7-4-5-12(9-13)10-17/h2-9H,10-11H2,1H3. The molecule has 4 heteroatoms. The Morgan fingerprint density at radius 1 is 1.20 bits per heavy atom. The van der Waals surface area contributed by atoms with Gasteiger partial charge in [0.15, 0.2) is 0 Å². The van der Waals surface area contributed by atoms with E-state index in [-0.39, 0.29) is 18.3 Å². The van der Waals surface area contributed by atoms with E-state index in [0.717, 1.165) is 5.56 Å². The molecule has 2 aromatic rings. The van der Waals surface area contributed by atoms with Gasteiger partial charge in [-0.15, -0.1) is 0 Å². The normalized spacial score (nSPS) is 10.3. The molecule has 2 rings (SSSR count). The van der Waals surface area contributed by atoms with Crippen molar-refractivity contribution in [1.29, 1.82) is 0 Å². The largest absolute Gasteiger partial charge is 0.337 e. The molecule has 0 atom stereocenters. The highest BCUT2D eigenvalue weighted by Gasteiger charge is 2.13. The fourth-order valence-electron chi connectivity index (χ4n) is 1.96. The van der Waals surface area contributed by atoms with Crippen LogP contribution in [0.25, 0.3) is 0 Å². The van der Waals surface area contributed by atoms with Crippen molar-refractivity contribution in [3.05, 3.63) is 71.0 Å². The average molecular weight is 336 g/mol. The van der Waals surface area contributed by atoms with E-state index in [9.17, 15) is 9.18 Å². The van der Waals surface area contributed by atoms with Crippen LogP contribution in [0.15, 0.2) is 48.5 Å². The fraction of sp³-hybridized carbons (Fsp3) is 0.188. The summed E-state index contributed by atoms with van der Waals surface area (Å²) in [4.78, 5) is 13.8. The smallest absolute Gasteiger partial charge is 0.253 e. The molecule has 104 valence electrons. The Kier molecular flexibility index (Phi) is 4.90. The predicted octanol–water partition coefficient (Wildman–Crippen LogP) is 3.99. The number of amides is 1. The van der Waals surface area contributed by atoms with Gasteiger partial charge >= 0.3 is 0 Å². The lowest BCUT2D eigenvalue weighted by atomic mass is 10.1. The Hall–Kier alpha value is -1.68. The SMILES string of the molecule is CN(Cc1ccccc1F)C(=O)c1cccc(CBr)c1. The summed E-state index contributed by atoms with van der Waals surface area (Å²) < 4.78 is 13.6. The van der Waals surface area contributed by atoms with Gasteiger partial charge in [0.05, 0.1) is 0 Å². The van der Waals surface area contributed by atoms with Crippen LogP contribution >= 0.6 is 15.9 Å². The molecule has 0 saturated heterocycles. The lowest BCUT2D eigenvalue weighted by Crippen LogP contribution is -2.26. The van der Waals surface area contributed by atoms with Gasteiger partial charge in [-0.05, 0) is 23.8 Å². The minimum Gasteiger partial charge on any atom is -0.337 e. The Labute approximate surface area is 126 Å². The van der Waals surface area contributed by atoms with Crippen molar-refractivity contribution >= 4 is 21.8 Å². The molecule has 0 N–H and O–H groups in total. The summed E-state index contributed by atoms with van der Waals surface area (Å²) in [7, 11) is 1.68. The Morgan fingerprint density at radius 3 is 2.65 bits per heavy atom. The molecule has 2 nitrogen and oxygen atoms in total. The molecule has 0 fully saturated rings. The van der Waals surface area contributed by atoms with Crippen molar-refractivity contribution in [2.75, 3.05) is 7.05 Å². The first-order chi connectivity index (χ1) is 9.61. The van der Waals surface area contributed by atoms with Crippen molar-refractivity contribution in [3.8, 4) is 0 Å². The van der Waals surface area contributed by atoms with Crippen LogP contribution in [0.5, 0.6) is 0 Å². The average Bonchev–Trinajstić information content (AvgIpc) is 2.48. The number of nitrogens with zero attached hydrogens (tertiary/aromatic N) is 1. The molecule has 0 aliphatic heterocycles. The van der Waals surface area contributed by atoms with Gasteiger partial charge in [0.25, 0.3) is 5.91 Å². The minimum absolute atomic E-state index is 0.115. The molecule has 2 aromatic carbocycles. The molecule has 0 saturated carbocycles. The van der Waals surface area contributed by atoms with Crippen molar-refractivity contribution in [2.24, 2.45) is 0 Å². The quantitative estimate of drug-likeness (QED) is 0.773. The molecule has 0 heterocycles. The summed E-state index contributed by atoms with van der Waals surface area (Å²) in [5.74, 6) is -0.405. The maximum atomic E-state index is 13.6. The van der Waals surface area contributed by atoms with Crippen LogP contribution < -0.4 is 0 Å².